The monoisotopic (exact) mass is 510 g/mol. The van der Waals surface area contributed by atoms with Gasteiger partial charge in [0.15, 0.2) is 0 Å². The Kier molecular flexibility index (Phi) is 2.62. The van der Waals surface area contributed by atoms with E-state index in [1.54, 1.807) is 30.3 Å². The topological polar surface area (TPSA) is 3.24 Å². The molecule has 1 aliphatic carbocycles. The molecule has 0 amide bonds. The van der Waals surface area contributed by atoms with Gasteiger partial charge in [-0.15, -0.1) is 0 Å². The number of anilines is 3. The summed E-state index contributed by atoms with van der Waals surface area (Å²) < 4.78 is 126. The Morgan fingerprint density at radius 2 is 0.821 bits per heavy atom. The van der Waals surface area contributed by atoms with Crippen LogP contribution in [0.25, 0.3) is 54.9 Å². The number of para-hydroxylation sites is 2. The number of benzene rings is 7. The first-order chi connectivity index (χ1) is 25.5. The van der Waals surface area contributed by atoms with Gasteiger partial charge in [0, 0.05) is 17.1 Å². The number of nitrogens with zero attached hydrogens (tertiary/aromatic N) is 1. The molecule has 0 atom stereocenters. The second kappa shape index (κ2) is 8.72. The summed E-state index contributed by atoms with van der Waals surface area (Å²) >= 11 is 0. The molecule has 8 rings (SSSR count). The Morgan fingerprint density at radius 3 is 1.38 bits per heavy atom. The van der Waals surface area contributed by atoms with Gasteiger partial charge in [-0.05, 0) is 122 Å². The van der Waals surface area contributed by atoms with Crippen molar-refractivity contribution in [1.82, 2.24) is 0 Å². The highest BCUT2D eigenvalue weighted by Gasteiger charge is 2.24. The minimum atomic E-state index is -0.649. The second-order valence-corrected chi connectivity index (χ2v) is 9.17. The molecule has 1 heteroatoms. The first kappa shape index (κ1) is 11.7. The molecule has 0 saturated heterocycles. The molecular weight excluding hydrogens is 470 g/mol. The molecule has 0 radical (unpaired) electrons. The molecule has 7 aromatic rings. The van der Waals surface area contributed by atoms with Crippen molar-refractivity contribution in [3.05, 3.63) is 151 Å². The van der Waals surface area contributed by atoms with Crippen LogP contribution in [0.1, 0.15) is 20.6 Å². The van der Waals surface area contributed by atoms with Crippen LogP contribution in [-0.2, 0) is 0 Å². The van der Waals surface area contributed by atoms with Crippen LogP contribution in [0.3, 0.4) is 0 Å². The summed E-state index contributed by atoms with van der Waals surface area (Å²) in [7, 11) is 0. The fourth-order valence-electron chi connectivity index (χ4n) is 5.18. The summed E-state index contributed by atoms with van der Waals surface area (Å²) in [5, 5.41) is 3.13. The maximum absolute atomic E-state index is 8.74. The maximum atomic E-state index is 8.74. The highest BCUT2D eigenvalue weighted by molar-refractivity contribution is 6.12. The van der Waals surface area contributed by atoms with Crippen molar-refractivity contribution in [2.24, 2.45) is 0 Å². The van der Waals surface area contributed by atoms with Crippen LogP contribution in [0.2, 0.25) is 0 Å². The summed E-state index contributed by atoms with van der Waals surface area (Å²) in [5.41, 5.74) is 3.74. The molecular formula is C38H25N. The number of hydrogen-bond acceptors (Lipinski definition) is 1. The van der Waals surface area contributed by atoms with Crippen LogP contribution in [0.15, 0.2) is 151 Å². The van der Waals surface area contributed by atoms with Gasteiger partial charge in [0.05, 0.1) is 20.6 Å². The molecule has 0 heterocycles. The third-order valence-corrected chi connectivity index (χ3v) is 6.98. The van der Waals surface area contributed by atoms with Crippen molar-refractivity contribution < 1.29 is 20.6 Å². The van der Waals surface area contributed by atoms with Crippen LogP contribution in [0.4, 0.5) is 17.1 Å². The molecule has 0 spiro atoms. The summed E-state index contributed by atoms with van der Waals surface area (Å²) in [6.07, 6.45) is 0. The Labute approximate surface area is 249 Å². The summed E-state index contributed by atoms with van der Waals surface area (Å²) in [6, 6.07) is 10.1. The SMILES string of the molecule is [2H]c1c([2H])c([2H])c(-c2ccc3cc4c(cc3c2)-c2cc3cc(N(c5c([2H])c([2H])c([2H])c([2H])c5[2H])c5c([2H])c([2H])c([2H])c([2H])c5[2H])ccc3cc2-4)c([2H])c1[2H]. The molecule has 39 heavy (non-hydrogen) atoms. The third-order valence-electron chi connectivity index (χ3n) is 6.98. The van der Waals surface area contributed by atoms with Gasteiger partial charge in [0.25, 0.3) is 0 Å². The van der Waals surface area contributed by atoms with Gasteiger partial charge in [-0.25, -0.2) is 0 Å². The molecule has 7 aromatic carbocycles. The van der Waals surface area contributed by atoms with Crippen molar-refractivity contribution in [2.45, 2.75) is 0 Å². The smallest absolute Gasteiger partial charge is 0.0645 e. The predicted octanol–water partition coefficient (Wildman–Crippen LogP) is 10.8. The van der Waals surface area contributed by atoms with E-state index in [2.05, 4.69) is 0 Å². The summed E-state index contributed by atoms with van der Waals surface area (Å²) in [5.74, 6) is 0. The minimum Gasteiger partial charge on any atom is -0.310 e. The Balaban J connectivity index is 1.30. The first-order valence-electron chi connectivity index (χ1n) is 19.7. The van der Waals surface area contributed by atoms with E-state index in [1.807, 2.05) is 30.3 Å². The van der Waals surface area contributed by atoms with Crippen LogP contribution in [0, 0.1) is 0 Å². The Hall–Kier alpha value is -5.14. The molecule has 0 unspecified atom stereocenters. The van der Waals surface area contributed by atoms with E-state index in [4.69, 9.17) is 20.6 Å². The molecule has 0 aromatic heterocycles. The minimum absolute atomic E-state index is 0.104. The quantitative estimate of drug-likeness (QED) is 0.228. The zero-order valence-corrected chi connectivity index (χ0v) is 20.2. The van der Waals surface area contributed by atoms with Gasteiger partial charge < -0.3 is 4.90 Å². The van der Waals surface area contributed by atoms with Crippen molar-refractivity contribution in [3.63, 3.8) is 0 Å². The lowest BCUT2D eigenvalue weighted by molar-refractivity contribution is 1.29. The average molecular weight is 511 g/mol. The molecule has 1 nitrogen and oxygen atoms in total. The molecule has 1 aliphatic rings. The lowest BCUT2D eigenvalue weighted by atomic mass is 9.77. The van der Waals surface area contributed by atoms with E-state index in [-0.39, 0.29) is 34.7 Å². The molecule has 0 aliphatic heterocycles. The maximum Gasteiger partial charge on any atom is 0.0645 e. The normalized spacial score (nSPS) is 17.0. The largest absolute Gasteiger partial charge is 0.310 e. The standard InChI is InChI=1S/C38H25N/c1-4-10-26(11-5-1)27-16-17-28-22-35-36-23-29-18-19-34(21-31(29)25-38(36)37(35)24-30(28)20-27)39(32-12-6-2-7-13-32)33-14-8-3-9-15-33/h1-25H/i1D,2D,3D,4D,5D,6D,7D,8D,9D,10D,11D,12D,13D,14D,15D. The average Bonchev–Trinajstić information content (AvgIpc) is 3.17. The number of fused-ring (bicyclic) bond motifs is 6. The van der Waals surface area contributed by atoms with E-state index in [0.717, 1.165) is 43.3 Å². The summed E-state index contributed by atoms with van der Waals surface area (Å²) in [4.78, 5) is 1.13. The highest BCUT2D eigenvalue weighted by atomic mass is 15.1. The van der Waals surface area contributed by atoms with Crippen LogP contribution in [0.5, 0.6) is 0 Å². The van der Waals surface area contributed by atoms with Crippen molar-refractivity contribution in [3.8, 4) is 33.4 Å². The van der Waals surface area contributed by atoms with E-state index in [0.29, 0.717) is 10.9 Å². The van der Waals surface area contributed by atoms with E-state index < -0.39 is 78.6 Å². The third kappa shape index (κ3) is 3.63. The highest BCUT2D eigenvalue weighted by Crippen LogP contribution is 2.51. The van der Waals surface area contributed by atoms with E-state index in [9.17, 15) is 0 Å². The van der Waals surface area contributed by atoms with Crippen LogP contribution < -0.4 is 4.90 Å². The fourth-order valence-corrected chi connectivity index (χ4v) is 5.18. The zero-order valence-electron chi connectivity index (χ0n) is 35.2. The fraction of sp³-hybridized carbons (Fsp3) is 0. The second-order valence-electron chi connectivity index (χ2n) is 9.17. The van der Waals surface area contributed by atoms with Gasteiger partial charge in [-0.2, -0.15) is 0 Å². The number of hydrogen-bond donors (Lipinski definition) is 0. The lowest BCUT2D eigenvalue weighted by Crippen LogP contribution is -2.09. The molecule has 0 saturated carbocycles. The van der Waals surface area contributed by atoms with Gasteiger partial charge in [0.1, 0.15) is 0 Å². The molecule has 0 bridgehead atoms. The Bertz CT molecular complexity index is 2690. The molecule has 0 fully saturated rings. The summed E-state index contributed by atoms with van der Waals surface area (Å²) in [6.45, 7) is 0. The van der Waals surface area contributed by atoms with E-state index in [1.165, 1.54) is 0 Å². The predicted molar refractivity (Wildman–Crippen MR) is 166 cm³/mol. The van der Waals surface area contributed by atoms with Crippen LogP contribution in [-0.4, -0.2) is 0 Å². The zero-order chi connectivity index (χ0) is 38.8. The number of rotatable bonds is 4. The van der Waals surface area contributed by atoms with Gasteiger partial charge in [-0.1, -0.05) is 84.7 Å². The van der Waals surface area contributed by atoms with Crippen molar-refractivity contribution in [1.29, 1.82) is 0 Å². The first-order valence-corrected chi connectivity index (χ1v) is 12.2. The van der Waals surface area contributed by atoms with E-state index >= 15 is 0 Å². The van der Waals surface area contributed by atoms with Crippen molar-refractivity contribution >= 4 is 38.6 Å². The molecule has 182 valence electrons. The van der Waals surface area contributed by atoms with Gasteiger partial charge >= 0.3 is 0 Å². The van der Waals surface area contributed by atoms with Crippen LogP contribution >= 0.6 is 0 Å². The van der Waals surface area contributed by atoms with Crippen molar-refractivity contribution in [2.75, 3.05) is 4.90 Å². The van der Waals surface area contributed by atoms with Gasteiger partial charge in [-0.3, -0.25) is 0 Å². The van der Waals surface area contributed by atoms with Gasteiger partial charge in [0.2, 0.25) is 0 Å². The molecule has 0 N–H and O–H groups in total. The Morgan fingerprint density at radius 1 is 0.359 bits per heavy atom. The lowest BCUT2D eigenvalue weighted by Gasteiger charge is -2.28.